The van der Waals surface area contributed by atoms with E-state index < -0.39 is 0 Å². The maximum atomic E-state index is 5.73. The molecule has 1 saturated heterocycles. The van der Waals surface area contributed by atoms with Gasteiger partial charge in [-0.3, -0.25) is 4.90 Å². The lowest BCUT2D eigenvalue weighted by Crippen LogP contribution is -2.37. The van der Waals surface area contributed by atoms with Gasteiger partial charge in [-0.15, -0.1) is 24.8 Å². The molecule has 1 fully saturated rings. The number of nitrogens with zero attached hydrogens (tertiary/aromatic N) is 1. The van der Waals surface area contributed by atoms with Gasteiger partial charge >= 0.3 is 0 Å². The molecule has 0 amide bonds. The Morgan fingerprint density at radius 3 is 2.52 bits per heavy atom. The molecule has 1 aliphatic rings. The van der Waals surface area contributed by atoms with Gasteiger partial charge in [0.15, 0.2) is 11.5 Å². The van der Waals surface area contributed by atoms with Crippen LogP contribution in [-0.4, -0.2) is 43.8 Å². The molecule has 0 aliphatic carbocycles. The van der Waals surface area contributed by atoms with Crippen molar-refractivity contribution in [1.82, 2.24) is 10.2 Å². The number of nitrogens with one attached hydrogen (secondary N) is 1. The molecule has 2 rings (SSSR count). The minimum absolute atomic E-state index is 0. The van der Waals surface area contributed by atoms with E-state index in [9.17, 15) is 0 Å². The average Bonchev–Trinajstić information content (AvgIpc) is 2.98. The molecule has 0 bridgehead atoms. The molecule has 4 nitrogen and oxygen atoms in total. The van der Waals surface area contributed by atoms with E-state index in [-0.39, 0.29) is 24.8 Å². The van der Waals surface area contributed by atoms with Crippen LogP contribution in [0.3, 0.4) is 0 Å². The van der Waals surface area contributed by atoms with Crippen LogP contribution in [0.1, 0.15) is 39.2 Å². The molecule has 0 saturated carbocycles. The molecule has 1 unspecified atom stereocenters. The number of halogens is 3. The maximum Gasteiger partial charge on any atom is 0.175 e. The smallest absolute Gasteiger partial charge is 0.175 e. The van der Waals surface area contributed by atoms with Gasteiger partial charge in [-0.1, -0.05) is 6.92 Å². The van der Waals surface area contributed by atoms with Crippen molar-refractivity contribution in [3.05, 3.63) is 22.2 Å². The van der Waals surface area contributed by atoms with Crippen LogP contribution in [0.4, 0.5) is 0 Å². The van der Waals surface area contributed by atoms with Gasteiger partial charge in [-0.2, -0.15) is 0 Å². The van der Waals surface area contributed by atoms with E-state index >= 15 is 0 Å². The fraction of sp³-hybridized carbons (Fsp3) is 0.667. The van der Waals surface area contributed by atoms with E-state index in [1.807, 2.05) is 13.8 Å². The van der Waals surface area contributed by atoms with Crippen molar-refractivity contribution in [2.24, 2.45) is 0 Å². The van der Waals surface area contributed by atoms with Crippen LogP contribution in [0.2, 0.25) is 0 Å². The Morgan fingerprint density at radius 1 is 1.16 bits per heavy atom. The van der Waals surface area contributed by atoms with Gasteiger partial charge in [0.05, 0.1) is 17.7 Å². The summed E-state index contributed by atoms with van der Waals surface area (Å²) >= 11 is 3.61. The van der Waals surface area contributed by atoms with Gasteiger partial charge in [0.25, 0.3) is 0 Å². The summed E-state index contributed by atoms with van der Waals surface area (Å²) in [6.07, 6.45) is 2.63. The van der Waals surface area contributed by atoms with Crippen LogP contribution in [0, 0.1) is 0 Å². The zero-order valence-electron chi connectivity index (χ0n) is 15.3. The molecule has 1 N–H and O–H groups in total. The molecular weight excluding hydrogens is 427 g/mol. The molecule has 25 heavy (non-hydrogen) atoms. The normalized spacial score (nSPS) is 16.9. The number of rotatable bonds is 9. The molecular formula is C18H31BrCl2N2O2. The number of hydrogen-bond acceptors (Lipinski definition) is 4. The summed E-state index contributed by atoms with van der Waals surface area (Å²) < 4.78 is 12.4. The van der Waals surface area contributed by atoms with Gasteiger partial charge in [-0.05, 0) is 73.4 Å². The summed E-state index contributed by atoms with van der Waals surface area (Å²) in [7, 11) is 0. The van der Waals surface area contributed by atoms with Gasteiger partial charge in [0.1, 0.15) is 0 Å². The van der Waals surface area contributed by atoms with Crippen molar-refractivity contribution in [2.45, 2.75) is 46.2 Å². The third-order valence-electron chi connectivity index (χ3n) is 4.27. The predicted octanol–water partition coefficient (Wildman–Crippen LogP) is 4.66. The summed E-state index contributed by atoms with van der Waals surface area (Å²) in [5.41, 5.74) is 1.21. The van der Waals surface area contributed by atoms with Crippen molar-refractivity contribution >= 4 is 40.7 Å². The van der Waals surface area contributed by atoms with Crippen molar-refractivity contribution < 1.29 is 9.47 Å². The zero-order valence-corrected chi connectivity index (χ0v) is 18.6. The molecule has 1 aliphatic heterocycles. The maximum absolute atomic E-state index is 5.73. The Balaban J connectivity index is 0.00000288. The minimum Gasteiger partial charge on any atom is -0.490 e. The number of ether oxygens (including phenoxy) is 2. The van der Waals surface area contributed by atoms with E-state index in [1.54, 1.807) is 0 Å². The second-order valence-electron chi connectivity index (χ2n) is 5.83. The Bertz CT molecular complexity index is 506. The fourth-order valence-electron chi connectivity index (χ4n) is 3.20. The van der Waals surface area contributed by atoms with Crippen molar-refractivity contribution in [1.29, 1.82) is 0 Å². The Morgan fingerprint density at radius 2 is 1.88 bits per heavy atom. The average molecular weight is 458 g/mol. The molecule has 1 atom stereocenters. The first-order valence-corrected chi connectivity index (χ1v) is 9.51. The predicted molar refractivity (Wildman–Crippen MR) is 113 cm³/mol. The van der Waals surface area contributed by atoms with Crippen molar-refractivity contribution in [3.63, 3.8) is 0 Å². The third-order valence-corrected chi connectivity index (χ3v) is 4.86. The molecule has 7 heteroatoms. The van der Waals surface area contributed by atoms with E-state index in [1.165, 1.54) is 24.9 Å². The van der Waals surface area contributed by atoms with Crippen molar-refractivity contribution in [2.75, 3.05) is 32.8 Å². The van der Waals surface area contributed by atoms with Gasteiger partial charge in [0.2, 0.25) is 0 Å². The van der Waals surface area contributed by atoms with E-state index in [4.69, 9.17) is 9.47 Å². The molecule has 0 spiro atoms. The first-order valence-electron chi connectivity index (χ1n) is 8.72. The molecule has 1 aromatic carbocycles. The first-order chi connectivity index (χ1) is 11.2. The van der Waals surface area contributed by atoms with Crippen LogP contribution in [0.5, 0.6) is 11.5 Å². The quantitative estimate of drug-likeness (QED) is 0.584. The molecule has 1 heterocycles. The molecule has 0 radical (unpaired) electrons. The molecule has 146 valence electrons. The lowest BCUT2D eigenvalue weighted by Gasteiger charge is -2.23. The second kappa shape index (κ2) is 13.0. The SMILES string of the molecule is CCOc1cc(CNCC2CCCN2CC)cc(Br)c1OCC.Cl.Cl. The highest BCUT2D eigenvalue weighted by molar-refractivity contribution is 9.10. The summed E-state index contributed by atoms with van der Waals surface area (Å²) in [5.74, 6) is 1.61. The first kappa shape index (κ1) is 24.8. The number of benzene rings is 1. The van der Waals surface area contributed by atoms with Gasteiger partial charge in [-0.25, -0.2) is 0 Å². The number of likely N-dealkylation sites (tertiary alicyclic amines) is 1. The topological polar surface area (TPSA) is 33.7 Å². The summed E-state index contributed by atoms with van der Waals surface area (Å²) in [6.45, 7) is 11.8. The monoisotopic (exact) mass is 456 g/mol. The van der Waals surface area contributed by atoms with E-state index in [2.05, 4.69) is 45.2 Å². The van der Waals surface area contributed by atoms with Crippen LogP contribution >= 0.6 is 40.7 Å². The standard InChI is InChI=1S/C18H29BrN2O2.2ClH/c1-4-21-9-7-8-15(21)13-20-12-14-10-16(19)18(23-6-3)17(11-14)22-5-2;;/h10-11,15,20H,4-9,12-13H2,1-3H3;2*1H. The summed E-state index contributed by atoms with van der Waals surface area (Å²) in [6, 6.07) is 4.88. The summed E-state index contributed by atoms with van der Waals surface area (Å²) in [4.78, 5) is 2.56. The Kier molecular flexibility index (Phi) is 12.9. The lowest BCUT2D eigenvalue weighted by molar-refractivity contribution is 0.259. The highest BCUT2D eigenvalue weighted by Crippen LogP contribution is 2.37. The number of hydrogen-bond donors (Lipinski definition) is 1. The van der Waals surface area contributed by atoms with E-state index in [0.29, 0.717) is 19.3 Å². The Hall–Kier alpha value is -0.200. The zero-order chi connectivity index (χ0) is 16.7. The fourth-order valence-corrected chi connectivity index (χ4v) is 3.80. The Labute approximate surface area is 173 Å². The third kappa shape index (κ3) is 7.14. The van der Waals surface area contributed by atoms with Crippen LogP contribution in [0.15, 0.2) is 16.6 Å². The van der Waals surface area contributed by atoms with Gasteiger partial charge < -0.3 is 14.8 Å². The van der Waals surface area contributed by atoms with Gasteiger partial charge in [0, 0.05) is 19.1 Å². The lowest BCUT2D eigenvalue weighted by atomic mass is 10.1. The van der Waals surface area contributed by atoms with Crippen molar-refractivity contribution in [3.8, 4) is 11.5 Å². The highest BCUT2D eigenvalue weighted by Gasteiger charge is 2.22. The number of likely N-dealkylation sites (N-methyl/N-ethyl adjacent to an activating group) is 1. The molecule has 1 aromatic rings. The minimum atomic E-state index is 0. The largest absolute Gasteiger partial charge is 0.490 e. The van der Waals surface area contributed by atoms with Crippen LogP contribution in [0.25, 0.3) is 0 Å². The second-order valence-corrected chi connectivity index (χ2v) is 6.68. The highest BCUT2D eigenvalue weighted by atomic mass is 79.9. The van der Waals surface area contributed by atoms with Crippen LogP contribution in [-0.2, 0) is 6.54 Å². The molecule has 0 aromatic heterocycles. The van der Waals surface area contributed by atoms with Crippen LogP contribution < -0.4 is 14.8 Å². The van der Waals surface area contributed by atoms with E-state index in [0.717, 1.165) is 35.6 Å². The summed E-state index contributed by atoms with van der Waals surface area (Å²) in [5, 5.41) is 3.60.